The van der Waals surface area contributed by atoms with Crippen LogP contribution in [0.5, 0.6) is 0 Å². The fraction of sp³-hybridized carbons (Fsp3) is 0.643. The molecule has 0 aliphatic carbocycles. The van der Waals surface area contributed by atoms with Crippen LogP contribution in [0.25, 0.3) is 0 Å². The molecule has 20 heavy (non-hydrogen) atoms. The summed E-state index contributed by atoms with van der Waals surface area (Å²) < 4.78 is 12.0. The number of nitrogen functional groups attached to an aromatic ring is 1. The summed E-state index contributed by atoms with van der Waals surface area (Å²) in [5.41, 5.74) is 7.57. The SMILES string of the molecule is CN(C)Cc1nc(B2OC(C)(C)C(C)(C)O2)ccc1N. The van der Waals surface area contributed by atoms with E-state index in [1.165, 1.54) is 0 Å². The van der Waals surface area contributed by atoms with Crippen LogP contribution in [-0.4, -0.2) is 42.3 Å². The van der Waals surface area contributed by atoms with Crippen molar-refractivity contribution in [3.8, 4) is 0 Å². The average molecular weight is 277 g/mol. The lowest BCUT2D eigenvalue weighted by Crippen LogP contribution is -2.41. The molecule has 1 saturated heterocycles. The quantitative estimate of drug-likeness (QED) is 0.836. The maximum absolute atomic E-state index is 6.01. The van der Waals surface area contributed by atoms with Gasteiger partial charge in [-0.1, -0.05) is 0 Å². The summed E-state index contributed by atoms with van der Waals surface area (Å²) in [5.74, 6) is 0. The number of aromatic nitrogens is 1. The Kier molecular flexibility index (Phi) is 3.84. The third-order valence-electron chi connectivity index (χ3n) is 3.99. The van der Waals surface area contributed by atoms with Crippen LogP contribution in [0.4, 0.5) is 5.69 Å². The van der Waals surface area contributed by atoms with Gasteiger partial charge in [0.25, 0.3) is 0 Å². The summed E-state index contributed by atoms with van der Waals surface area (Å²) in [6, 6.07) is 3.74. The molecule has 1 aromatic heterocycles. The molecule has 1 aliphatic heterocycles. The van der Waals surface area contributed by atoms with E-state index >= 15 is 0 Å². The first-order valence-electron chi connectivity index (χ1n) is 6.88. The van der Waals surface area contributed by atoms with Crippen molar-refractivity contribution in [3.05, 3.63) is 17.8 Å². The molecule has 1 fully saturated rings. The van der Waals surface area contributed by atoms with Crippen molar-refractivity contribution in [2.75, 3.05) is 19.8 Å². The third-order valence-corrected chi connectivity index (χ3v) is 3.99. The number of rotatable bonds is 3. The van der Waals surface area contributed by atoms with Gasteiger partial charge in [-0.05, 0) is 53.9 Å². The Morgan fingerprint density at radius 3 is 2.20 bits per heavy atom. The van der Waals surface area contributed by atoms with Crippen LogP contribution in [0.15, 0.2) is 12.1 Å². The second kappa shape index (κ2) is 5.02. The molecule has 0 atom stereocenters. The van der Waals surface area contributed by atoms with Gasteiger partial charge >= 0.3 is 7.12 Å². The van der Waals surface area contributed by atoms with Gasteiger partial charge in [-0.3, -0.25) is 4.98 Å². The number of nitrogens with zero attached hydrogens (tertiary/aromatic N) is 2. The maximum atomic E-state index is 6.01. The van der Waals surface area contributed by atoms with Crippen molar-refractivity contribution in [1.82, 2.24) is 9.88 Å². The fourth-order valence-corrected chi connectivity index (χ4v) is 2.05. The Morgan fingerprint density at radius 2 is 1.70 bits per heavy atom. The minimum absolute atomic E-state index is 0.359. The van der Waals surface area contributed by atoms with Gasteiger partial charge in [-0.15, -0.1) is 0 Å². The van der Waals surface area contributed by atoms with Gasteiger partial charge in [0, 0.05) is 6.54 Å². The highest BCUT2D eigenvalue weighted by Gasteiger charge is 2.52. The molecule has 0 radical (unpaired) electrons. The highest BCUT2D eigenvalue weighted by Crippen LogP contribution is 2.36. The summed E-state index contributed by atoms with van der Waals surface area (Å²) in [6.45, 7) is 8.82. The summed E-state index contributed by atoms with van der Waals surface area (Å²) in [7, 11) is 3.53. The molecule has 0 amide bonds. The van der Waals surface area contributed by atoms with E-state index in [2.05, 4.69) is 4.98 Å². The number of hydrogen-bond donors (Lipinski definition) is 1. The van der Waals surface area contributed by atoms with E-state index < -0.39 is 7.12 Å². The molecule has 1 aromatic rings. The van der Waals surface area contributed by atoms with Crippen LogP contribution >= 0.6 is 0 Å². The van der Waals surface area contributed by atoms with Gasteiger partial charge in [0.2, 0.25) is 0 Å². The molecule has 0 aromatic carbocycles. The Bertz CT molecular complexity index is 487. The van der Waals surface area contributed by atoms with Crippen LogP contribution in [0.2, 0.25) is 0 Å². The number of hydrogen-bond acceptors (Lipinski definition) is 5. The molecule has 0 bridgehead atoms. The van der Waals surface area contributed by atoms with Gasteiger partial charge in [0.05, 0.1) is 28.2 Å². The van der Waals surface area contributed by atoms with E-state index in [0.717, 1.165) is 11.3 Å². The van der Waals surface area contributed by atoms with Crippen molar-refractivity contribution in [3.63, 3.8) is 0 Å². The highest BCUT2D eigenvalue weighted by atomic mass is 16.7. The first-order valence-corrected chi connectivity index (χ1v) is 6.88. The van der Waals surface area contributed by atoms with Crippen LogP contribution < -0.4 is 11.3 Å². The zero-order valence-corrected chi connectivity index (χ0v) is 13.2. The summed E-state index contributed by atoms with van der Waals surface area (Å²) in [4.78, 5) is 6.64. The first kappa shape index (κ1) is 15.3. The topological polar surface area (TPSA) is 60.6 Å². The van der Waals surface area contributed by atoms with E-state index in [4.69, 9.17) is 15.0 Å². The summed E-state index contributed by atoms with van der Waals surface area (Å²) >= 11 is 0. The van der Waals surface area contributed by atoms with Gasteiger partial charge in [0.15, 0.2) is 0 Å². The molecule has 2 N–H and O–H groups in total. The van der Waals surface area contributed by atoms with E-state index in [9.17, 15) is 0 Å². The standard InChI is InChI=1S/C14H24BN3O2/c1-13(2)14(3,4)20-15(19-13)12-8-7-10(16)11(17-12)9-18(5)6/h7-8H,9,16H2,1-6H3. The van der Waals surface area contributed by atoms with Crippen molar-refractivity contribution >= 4 is 18.4 Å². The Labute approximate surface area is 121 Å². The minimum Gasteiger partial charge on any atom is -0.398 e. The molecule has 2 rings (SSSR count). The highest BCUT2D eigenvalue weighted by molar-refractivity contribution is 6.61. The Hall–Kier alpha value is -1.11. The molecular formula is C14H24BN3O2. The molecule has 0 unspecified atom stereocenters. The Balaban J connectivity index is 2.27. The molecule has 6 heteroatoms. The lowest BCUT2D eigenvalue weighted by Gasteiger charge is -2.32. The van der Waals surface area contributed by atoms with Gasteiger partial charge in [0.1, 0.15) is 0 Å². The molecule has 2 heterocycles. The van der Waals surface area contributed by atoms with Crippen LogP contribution in [0, 0.1) is 0 Å². The normalized spacial score (nSPS) is 20.6. The van der Waals surface area contributed by atoms with Gasteiger partial charge in [-0.2, -0.15) is 0 Å². The lowest BCUT2D eigenvalue weighted by atomic mass is 9.84. The predicted octanol–water partition coefficient (Wildman–Crippen LogP) is 1.02. The van der Waals surface area contributed by atoms with Gasteiger partial charge in [-0.25, -0.2) is 0 Å². The van der Waals surface area contributed by atoms with Crippen LogP contribution in [0.3, 0.4) is 0 Å². The largest absolute Gasteiger partial charge is 0.514 e. The number of pyridine rings is 1. The van der Waals surface area contributed by atoms with Crippen molar-refractivity contribution in [2.24, 2.45) is 0 Å². The van der Waals surface area contributed by atoms with E-state index in [1.807, 2.05) is 58.8 Å². The second-order valence-corrected chi connectivity index (χ2v) is 6.60. The molecule has 110 valence electrons. The van der Waals surface area contributed by atoms with Crippen molar-refractivity contribution in [1.29, 1.82) is 0 Å². The summed E-state index contributed by atoms with van der Waals surface area (Å²) in [5, 5.41) is 0. The predicted molar refractivity (Wildman–Crippen MR) is 81.8 cm³/mol. The molecular weight excluding hydrogens is 253 g/mol. The number of anilines is 1. The zero-order chi connectivity index (χ0) is 15.1. The molecule has 5 nitrogen and oxygen atoms in total. The smallest absolute Gasteiger partial charge is 0.398 e. The van der Waals surface area contributed by atoms with Crippen molar-refractivity contribution in [2.45, 2.75) is 45.4 Å². The average Bonchev–Trinajstić information content (AvgIpc) is 2.50. The second-order valence-electron chi connectivity index (χ2n) is 6.60. The summed E-state index contributed by atoms with van der Waals surface area (Å²) in [6.07, 6.45) is 0. The lowest BCUT2D eigenvalue weighted by molar-refractivity contribution is 0.00578. The minimum atomic E-state index is -0.443. The maximum Gasteiger partial charge on any atom is 0.514 e. The fourth-order valence-electron chi connectivity index (χ4n) is 2.05. The van der Waals surface area contributed by atoms with E-state index in [1.54, 1.807) is 0 Å². The molecule has 0 saturated carbocycles. The third kappa shape index (κ3) is 2.82. The first-order chi connectivity index (χ1) is 9.12. The zero-order valence-electron chi connectivity index (χ0n) is 13.2. The van der Waals surface area contributed by atoms with E-state index in [0.29, 0.717) is 12.2 Å². The van der Waals surface area contributed by atoms with Crippen molar-refractivity contribution < 1.29 is 9.31 Å². The molecule has 0 spiro atoms. The molecule has 1 aliphatic rings. The Morgan fingerprint density at radius 1 is 1.15 bits per heavy atom. The van der Waals surface area contributed by atoms with Crippen LogP contribution in [0.1, 0.15) is 33.4 Å². The van der Waals surface area contributed by atoms with E-state index in [-0.39, 0.29) is 11.2 Å². The number of nitrogens with two attached hydrogens (primary N) is 1. The van der Waals surface area contributed by atoms with Gasteiger partial charge < -0.3 is 19.9 Å². The monoisotopic (exact) mass is 277 g/mol. The van der Waals surface area contributed by atoms with Crippen LogP contribution in [-0.2, 0) is 15.9 Å².